The minimum absolute atomic E-state index is 0.547. The molecule has 0 bridgehead atoms. The molecule has 6 heteroatoms. The van der Waals surface area contributed by atoms with Crippen molar-refractivity contribution in [3.8, 4) is 0 Å². The van der Waals surface area contributed by atoms with Gasteiger partial charge >= 0.3 is 0 Å². The van der Waals surface area contributed by atoms with E-state index in [1.165, 1.54) is 0 Å². The molecule has 0 atom stereocenters. The van der Waals surface area contributed by atoms with E-state index in [1.807, 2.05) is 30.5 Å². The summed E-state index contributed by atoms with van der Waals surface area (Å²) in [6, 6.07) is 11.7. The third-order valence-electron chi connectivity index (χ3n) is 3.63. The second-order valence-electron chi connectivity index (χ2n) is 5.08. The summed E-state index contributed by atoms with van der Waals surface area (Å²) >= 11 is 12.2. The standard InChI is InChI=1S/C16H16Cl2N4/c17-14-5-3-4-13(16(14)18)12-20-22-10-8-21(9-11-22)15-6-1-2-7-19-15/h1-7,12H,8-11H2/p+1. The average molecular weight is 336 g/mol. The van der Waals surface area contributed by atoms with Crippen LogP contribution in [0.5, 0.6) is 0 Å². The number of hydrogen-bond donors (Lipinski definition) is 0. The molecule has 0 amide bonds. The average Bonchev–Trinajstić information content (AvgIpc) is 2.57. The molecule has 0 spiro atoms. The van der Waals surface area contributed by atoms with E-state index in [9.17, 15) is 0 Å². The molecule has 1 aliphatic rings. The SMILES string of the molecule is Clc1cccc(C=NN2CCN(c3cccc[nH+]3)CC2)c1Cl. The predicted molar refractivity (Wildman–Crippen MR) is 90.8 cm³/mol. The van der Waals surface area contributed by atoms with E-state index >= 15 is 0 Å². The maximum absolute atomic E-state index is 6.16. The summed E-state index contributed by atoms with van der Waals surface area (Å²) in [5, 5.41) is 7.66. The van der Waals surface area contributed by atoms with Crippen LogP contribution >= 0.6 is 23.2 Å². The number of nitrogens with zero attached hydrogens (tertiary/aromatic N) is 3. The molecule has 2 aromatic rings. The lowest BCUT2D eigenvalue weighted by Crippen LogP contribution is -2.45. The first-order chi connectivity index (χ1) is 10.7. The molecule has 1 saturated heterocycles. The Morgan fingerprint density at radius 2 is 1.82 bits per heavy atom. The molecule has 2 heterocycles. The first-order valence-corrected chi connectivity index (χ1v) is 7.94. The van der Waals surface area contributed by atoms with Gasteiger partial charge in [-0.15, -0.1) is 0 Å². The summed E-state index contributed by atoms with van der Waals surface area (Å²) in [6.45, 7) is 3.61. The Balaban J connectivity index is 1.60. The van der Waals surface area contributed by atoms with Gasteiger partial charge in [0.25, 0.3) is 5.82 Å². The Kier molecular flexibility index (Phi) is 4.80. The summed E-state index contributed by atoms with van der Waals surface area (Å²) in [6.07, 6.45) is 3.72. The lowest BCUT2D eigenvalue weighted by Gasteiger charge is -2.28. The van der Waals surface area contributed by atoms with E-state index in [1.54, 1.807) is 12.3 Å². The zero-order valence-corrected chi connectivity index (χ0v) is 13.6. The highest BCUT2D eigenvalue weighted by atomic mass is 35.5. The van der Waals surface area contributed by atoms with Gasteiger partial charge in [0, 0.05) is 11.6 Å². The van der Waals surface area contributed by atoms with E-state index in [0.717, 1.165) is 37.6 Å². The number of benzene rings is 1. The van der Waals surface area contributed by atoms with Crippen LogP contribution in [0.2, 0.25) is 10.0 Å². The normalized spacial score (nSPS) is 15.5. The van der Waals surface area contributed by atoms with Crippen LogP contribution in [-0.4, -0.2) is 37.4 Å². The minimum atomic E-state index is 0.547. The van der Waals surface area contributed by atoms with Crippen molar-refractivity contribution >= 4 is 35.2 Å². The van der Waals surface area contributed by atoms with Gasteiger partial charge in [-0.3, -0.25) is 9.91 Å². The quantitative estimate of drug-likeness (QED) is 0.808. The number of pyridine rings is 1. The number of rotatable bonds is 3. The molecule has 3 rings (SSSR count). The molecule has 0 saturated carbocycles. The zero-order valence-electron chi connectivity index (χ0n) is 12.0. The topological polar surface area (TPSA) is 33.0 Å². The van der Waals surface area contributed by atoms with Crippen LogP contribution in [0.15, 0.2) is 47.7 Å². The van der Waals surface area contributed by atoms with Gasteiger partial charge in [-0.2, -0.15) is 5.10 Å². The molecule has 22 heavy (non-hydrogen) atoms. The maximum atomic E-state index is 6.16. The second-order valence-corrected chi connectivity index (χ2v) is 5.86. The summed E-state index contributed by atoms with van der Waals surface area (Å²) in [5.41, 5.74) is 0.841. The van der Waals surface area contributed by atoms with Gasteiger partial charge < -0.3 is 0 Å². The van der Waals surface area contributed by atoms with Gasteiger partial charge in [-0.1, -0.05) is 41.4 Å². The van der Waals surface area contributed by atoms with Gasteiger partial charge in [-0.25, -0.2) is 4.98 Å². The van der Waals surface area contributed by atoms with Crippen LogP contribution in [0.25, 0.3) is 0 Å². The van der Waals surface area contributed by atoms with Crippen LogP contribution in [0.4, 0.5) is 5.82 Å². The van der Waals surface area contributed by atoms with E-state index < -0.39 is 0 Å². The monoisotopic (exact) mass is 335 g/mol. The molecule has 1 aromatic heterocycles. The van der Waals surface area contributed by atoms with Gasteiger partial charge in [0.1, 0.15) is 13.1 Å². The van der Waals surface area contributed by atoms with Crippen LogP contribution in [-0.2, 0) is 0 Å². The molecule has 1 aromatic carbocycles. The number of anilines is 1. The fraction of sp³-hybridized carbons (Fsp3) is 0.250. The number of hydrazone groups is 1. The third kappa shape index (κ3) is 3.51. The largest absolute Gasteiger partial charge is 0.289 e. The third-order valence-corrected chi connectivity index (χ3v) is 4.46. The van der Waals surface area contributed by atoms with Crippen LogP contribution < -0.4 is 9.88 Å². The number of nitrogens with one attached hydrogen (secondary N) is 1. The number of hydrogen-bond acceptors (Lipinski definition) is 3. The van der Waals surface area contributed by atoms with Gasteiger partial charge in [-0.05, 0) is 12.1 Å². The Labute approximate surface area is 140 Å². The van der Waals surface area contributed by atoms with Gasteiger partial charge in [0.05, 0.1) is 35.5 Å². The van der Waals surface area contributed by atoms with Crippen molar-refractivity contribution in [2.24, 2.45) is 5.10 Å². The van der Waals surface area contributed by atoms with Crippen LogP contribution in [0.1, 0.15) is 5.56 Å². The lowest BCUT2D eigenvalue weighted by molar-refractivity contribution is -0.364. The van der Waals surface area contributed by atoms with Crippen molar-refractivity contribution < 1.29 is 4.98 Å². The summed E-state index contributed by atoms with van der Waals surface area (Å²) in [4.78, 5) is 5.58. The Morgan fingerprint density at radius 3 is 2.55 bits per heavy atom. The first kappa shape index (κ1) is 15.1. The van der Waals surface area contributed by atoms with Crippen LogP contribution in [0, 0.1) is 0 Å². The molecular weight excluding hydrogens is 319 g/mol. The van der Waals surface area contributed by atoms with Crippen molar-refractivity contribution in [3.63, 3.8) is 0 Å². The zero-order chi connectivity index (χ0) is 15.4. The highest BCUT2D eigenvalue weighted by Gasteiger charge is 2.21. The van der Waals surface area contributed by atoms with Crippen molar-refractivity contribution in [2.45, 2.75) is 0 Å². The fourth-order valence-electron chi connectivity index (χ4n) is 2.40. The molecule has 1 fully saturated rings. The van der Waals surface area contributed by atoms with Gasteiger partial charge in [0.2, 0.25) is 0 Å². The number of H-pyrrole nitrogens is 1. The molecular formula is C16H17Cl2N4+. The first-order valence-electron chi connectivity index (χ1n) is 7.18. The predicted octanol–water partition coefficient (Wildman–Crippen LogP) is 2.96. The number of piperazine rings is 1. The summed E-state index contributed by atoms with van der Waals surface area (Å²) in [7, 11) is 0. The summed E-state index contributed by atoms with van der Waals surface area (Å²) in [5.74, 6) is 1.14. The van der Waals surface area contributed by atoms with Crippen molar-refractivity contribution in [2.75, 3.05) is 31.1 Å². The molecule has 114 valence electrons. The number of aromatic amines is 1. The van der Waals surface area contributed by atoms with Crippen LogP contribution in [0.3, 0.4) is 0 Å². The van der Waals surface area contributed by atoms with E-state index in [4.69, 9.17) is 23.2 Å². The molecule has 1 aliphatic heterocycles. The van der Waals surface area contributed by atoms with Crippen molar-refractivity contribution in [3.05, 3.63) is 58.2 Å². The lowest BCUT2D eigenvalue weighted by atomic mass is 10.2. The Hall–Kier alpha value is -1.78. The van der Waals surface area contributed by atoms with E-state index in [2.05, 4.69) is 26.1 Å². The van der Waals surface area contributed by atoms with E-state index in [-0.39, 0.29) is 0 Å². The van der Waals surface area contributed by atoms with Crippen molar-refractivity contribution in [1.29, 1.82) is 0 Å². The fourth-order valence-corrected chi connectivity index (χ4v) is 2.75. The Bertz CT molecular complexity index is 652. The molecule has 1 N–H and O–H groups in total. The summed E-state index contributed by atoms with van der Waals surface area (Å²) < 4.78 is 0. The second kappa shape index (κ2) is 6.99. The van der Waals surface area contributed by atoms with Crippen molar-refractivity contribution in [1.82, 2.24) is 5.01 Å². The number of halogens is 2. The molecule has 4 nitrogen and oxygen atoms in total. The molecule has 0 radical (unpaired) electrons. The maximum Gasteiger partial charge on any atom is 0.274 e. The number of aromatic nitrogens is 1. The molecule has 0 unspecified atom stereocenters. The Morgan fingerprint density at radius 1 is 1.00 bits per heavy atom. The highest BCUT2D eigenvalue weighted by molar-refractivity contribution is 6.43. The smallest absolute Gasteiger partial charge is 0.274 e. The minimum Gasteiger partial charge on any atom is -0.289 e. The molecule has 0 aliphatic carbocycles. The highest BCUT2D eigenvalue weighted by Crippen LogP contribution is 2.24. The van der Waals surface area contributed by atoms with E-state index in [0.29, 0.717) is 10.0 Å². The van der Waals surface area contributed by atoms with Gasteiger partial charge in [0.15, 0.2) is 0 Å².